The maximum Gasteiger partial charge on any atom is 0.243 e. The summed E-state index contributed by atoms with van der Waals surface area (Å²) >= 11 is 0. The highest BCUT2D eigenvalue weighted by Gasteiger charge is 2.24. The molecule has 6 nitrogen and oxygen atoms in total. The van der Waals surface area contributed by atoms with Crippen LogP contribution in [-0.4, -0.2) is 55.4 Å². The molecule has 0 saturated heterocycles. The number of carbonyl (C=O) groups is 1. The van der Waals surface area contributed by atoms with Gasteiger partial charge in [0.05, 0.1) is 12.8 Å². The molecule has 2 rings (SSSR count). The van der Waals surface area contributed by atoms with Crippen LogP contribution >= 0.6 is 0 Å². The molecule has 0 atom stereocenters. The van der Waals surface area contributed by atoms with Crippen LogP contribution in [0.1, 0.15) is 18.6 Å². The van der Waals surface area contributed by atoms with E-state index >= 15 is 0 Å². The van der Waals surface area contributed by atoms with Gasteiger partial charge in [0.2, 0.25) is 5.91 Å². The van der Waals surface area contributed by atoms with Crippen molar-refractivity contribution in [2.45, 2.75) is 25.4 Å². The highest BCUT2D eigenvalue weighted by molar-refractivity contribution is 5.85. The second-order valence-electron chi connectivity index (χ2n) is 5.28. The van der Waals surface area contributed by atoms with Crippen LogP contribution in [0, 0.1) is 0 Å². The van der Waals surface area contributed by atoms with Crippen LogP contribution < -0.4 is 5.32 Å². The summed E-state index contributed by atoms with van der Waals surface area (Å²) in [6, 6.07) is 4.28. The van der Waals surface area contributed by atoms with E-state index in [2.05, 4.69) is 10.3 Å². The molecule has 1 saturated carbocycles. The first-order chi connectivity index (χ1) is 9.56. The zero-order chi connectivity index (χ0) is 14.5. The summed E-state index contributed by atoms with van der Waals surface area (Å²) in [6.07, 6.45) is 3.98. The molecule has 6 heteroatoms. The number of nitrogens with one attached hydrogen (secondary N) is 1. The third-order valence-electron chi connectivity index (χ3n) is 3.11. The Hall–Kier alpha value is -1.98. The number of hydrogen-bond donors (Lipinski definition) is 1. The first-order valence-electron chi connectivity index (χ1n) is 6.81. The largest absolute Gasteiger partial charge is 0.467 e. The van der Waals surface area contributed by atoms with Gasteiger partial charge in [0, 0.05) is 27.2 Å². The van der Waals surface area contributed by atoms with E-state index in [1.165, 1.54) is 0 Å². The third-order valence-corrected chi connectivity index (χ3v) is 3.11. The fourth-order valence-corrected chi connectivity index (χ4v) is 1.68. The van der Waals surface area contributed by atoms with Gasteiger partial charge in [0.15, 0.2) is 5.96 Å². The molecular weight excluding hydrogens is 256 g/mol. The van der Waals surface area contributed by atoms with Crippen LogP contribution in [0.15, 0.2) is 27.8 Å². The average Bonchev–Trinajstić information content (AvgIpc) is 3.09. The molecule has 0 unspecified atom stereocenters. The minimum Gasteiger partial charge on any atom is -0.467 e. The molecular formula is C14H22N4O2. The Morgan fingerprint density at radius 1 is 1.45 bits per heavy atom. The van der Waals surface area contributed by atoms with Crippen molar-refractivity contribution in [1.82, 2.24) is 15.1 Å². The molecule has 20 heavy (non-hydrogen) atoms. The number of guanidine groups is 1. The molecule has 110 valence electrons. The van der Waals surface area contributed by atoms with E-state index in [1.54, 1.807) is 25.3 Å². The number of rotatable bonds is 5. The second-order valence-corrected chi connectivity index (χ2v) is 5.28. The molecule has 0 radical (unpaired) electrons. The smallest absolute Gasteiger partial charge is 0.243 e. The van der Waals surface area contributed by atoms with Gasteiger partial charge in [-0.05, 0) is 25.0 Å². The van der Waals surface area contributed by atoms with Crippen LogP contribution in [0.25, 0.3) is 0 Å². The topological polar surface area (TPSA) is 61.1 Å². The highest BCUT2D eigenvalue weighted by Crippen LogP contribution is 2.19. The molecule has 0 aliphatic heterocycles. The summed E-state index contributed by atoms with van der Waals surface area (Å²) in [6.45, 7) is 0.784. The van der Waals surface area contributed by atoms with Gasteiger partial charge < -0.3 is 19.5 Å². The van der Waals surface area contributed by atoms with E-state index < -0.39 is 0 Å². The lowest BCUT2D eigenvalue weighted by atomic mass is 10.4. The quantitative estimate of drug-likeness (QED) is 0.642. The highest BCUT2D eigenvalue weighted by atomic mass is 16.3. The van der Waals surface area contributed by atoms with Crippen molar-refractivity contribution in [1.29, 1.82) is 0 Å². The van der Waals surface area contributed by atoms with E-state index in [1.807, 2.05) is 24.1 Å². The molecule has 1 aliphatic carbocycles. The summed E-state index contributed by atoms with van der Waals surface area (Å²) in [7, 11) is 5.41. The minimum absolute atomic E-state index is 0.00787. The third kappa shape index (κ3) is 4.29. The van der Waals surface area contributed by atoms with Gasteiger partial charge in [-0.25, -0.2) is 4.99 Å². The maximum absolute atomic E-state index is 11.6. The van der Waals surface area contributed by atoms with Gasteiger partial charge in [0.25, 0.3) is 0 Å². The lowest BCUT2D eigenvalue weighted by Crippen LogP contribution is -2.40. The van der Waals surface area contributed by atoms with E-state index in [0.29, 0.717) is 12.6 Å². The van der Waals surface area contributed by atoms with Gasteiger partial charge in [0.1, 0.15) is 12.3 Å². The van der Waals surface area contributed by atoms with E-state index in [-0.39, 0.29) is 12.5 Å². The van der Waals surface area contributed by atoms with Crippen molar-refractivity contribution in [2.24, 2.45) is 4.99 Å². The van der Waals surface area contributed by atoms with Gasteiger partial charge in [-0.2, -0.15) is 0 Å². The lowest BCUT2D eigenvalue weighted by molar-refractivity contribution is -0.127. The Labute approximate surface area is 119 Å². The lowest BCUT2D eigenvalue weighted by Gasteiger charge is -2.21. The van der Waals surface area contributed by atoms with Gasteiger partial charge in [-0.15, -0.1) is 0 Å². The summed E-state index contributed by atoms with van der Waals surface area (Å²) in [5.41, 5.74) is 0. The van der Waals surface area contributed by atoms with Crippen LogP contribution in [-0.2, 0) is 11.3 Å². The Kier molecular flexibility index (Phi) is 4.65. The zero-order valence-electron chi connectivity index (χ0n) is 12.3. The Morgan fingerprint density at radius 2 is 2.20 bits per heavy atom. The number of carbonyl (C=O) groups excluding carboxylic acids is 1. The van der Waals surface area contributed by atoms with Crippen molar-refractivity contribution >= 4 is 11.9 Å². The van der Waals surface area contributed by atoms with E-state index in [4.69, 9.17) is 4.42 Å². The maximum atomic E-state index is 11.6. The van der Waals surface area contributed by atoms with Gasteiger partial charge >= 0.3 is 0 Å². The Bertz CT molecular complexity index is 464. The normalized spacial score (nSPS) is 15.1. The molecule has 1 aromatic heterocycles. The minimum atomic E-state index is -0.00787. The van der Waals surface area contributed by atoms with Crippen molar-refractivity contribution < 1.29 is 9.21 Å². The summed E-state index contributed by atoms with van der Waals surface area (Å²) in [4.78, 5) is 19.6. The number of nitrogens with zero attached hydrogens (tertiary/aromatic N) is 3. The number of hydrogen-bond acceptors (Lipinski definition) is 3. The SMILES string of the molecule is CN(C)C(=O)CN=C(NC1CC1)N(C)Cc1ccco1. The summed E-state index contributed by atoms with van der Waals surface area (Å²) in [5.74, 6) is 1.61. The average molecular weight is 278 g/mol. The Balaban J connectivity index is 1.97. The van der Waals surface area contributed by atoms with Gasteiger partial charge in [-0.1, -0.05) is 0 Å². The Morgan fingerprint density at radius 3 is 2.75 bits per heavy atom. The number of likely N-dealkylation sites (N-methyl/N-ethyl adjacent to an activating group) is 1. The summed E-state index contributed by atoms with van der Waals surface area (Å²) in [5, 5.41) is 3.36. The second kappa shape index (κ2) is 6.45. The summed E-state index contributed by atoms with van der Waals surface area (Å²) < 4.78 is 5.34. The molecule has 1 aliphatic rings. The molecule has 1 fully saturated rings. The van der Waals surface area contributed by atoms with Crippen molar-refractivity contribution in [3.8, 4) is 0 Å². The monoisotopic (exact) mass is 278 g/mol. The fourth-order valence-electron chi connectivity index (χ4n) is 1.68. The first-order valence-corrected chi connectivity index (χ1v) is 6.81. The van der Waals surface area contributed by atoms with E-state index in [0.717, 1.165) is 24.6 Å². The fraction of sp³-hybridized carbons (Fsp3) is 0.571. The molecule has 1 aromatic rings. The van der Waals surface area contributed by atoms with Crippen molar-refractivity contribution in [2.75, 3.05) is 27.7 Å². The van der Waals surface area contributed by atoms with Crippen molar-refractivity contribution in [3.63, 3.8) is 0 Å². The molecule has 1 heterocycles. The van der Waals surface area contributed by atoms with Crippen LogP contribution in [0.3, 0.4) is 0 Å². The molecule has 0 spiro atoms. The molecule has 0 aromatic carbocycles. The van der Waals surface area contributed by atoms with E-state index in [9.17, 15) is 4.79 Å². The van der Waals surface area contributed by atoms with Gasteiger partial charge in [-0.3, -0.25) is 4.79 Å². The number of aliphatic imine (C=N–C) groups is 1. The standard InChI is InChI=1S/C14H22N4O2/c1-17(2)13(19)9-15-14(16-11-6-7-11)18(3)10-12-5-4-8-20-12/h4-5,8,11H,6-7,9-10H2,1-3H3,(H,15,16). The number of furan rings is 1. The zero-order valence-corrected chi connectivity index (χ0v) is 12.3. The van der Waals surface area contributed by atoms with Crippen LogP contribution in [0.5, 0.6) is 0 Å². The number of amides is 1. The predicted octanol–water partition coefficient (Wildman–Crippen LogP) is 0.908. The van der Waals surface area contributed by atoms with Crippen molar-refractivity contribution in [3.05, 3.63) is 24.2 Å². The van der Waals surface area contributed by atoms with Crippen LogP contribution in [0.4, 0.5) is 0 Å². The predicted molar refractivity (Wildman–Crippen MR) is 77.3 cm³/mol. The first kappa shape index (κ1) is 14.4. The molecule has 1 amide bonds. The van der Waals surface area contributed by atoms with Crippen LogP contribution in [0.2, 0.25) is 0 Å². The molecule has 1 N–H and O–H groups in total. The molecule has 0 bridgehead atoms.